The molecule has 570 valence electrons. The van der Waals surface area contributed by atoms with Crippen LogP contribution in [0.1, 0.15) is 256 Å². The van der Waals surface area contributed by atoms with Gasteiger partial charge in [0.15, 0.2) is 30.4 Å². The van der Waals surface area contributed by atoms with E-state index >= 15 is 0 Å². The van der Waals surface area contributed by atoms with E-state index in [0.29, 0.717) is 29.1 Å². The predicted octanol–water partition coefficient (Wildman–Crippen LogP) is 11.9. The highest BCUT2D eigenvalue weighted by atomic mass is 16.7. The quantitative estimate of drug-likeness (QED) is 0.0236. The van der Waals surface area contributed by atoms with Crippen molar-refractivity contribution in [3.05, 3.63) is 92.1 Å². The number of nitrogens with two attached hydrogens (primary N) is 1. The molecule has 2 aliphatic carbocycles. The van der Waals surface area contributed by atoms with Crippen LogP contribution in [0.15, 0.2) is 36.4 Å². The molecule has 16 atom stereocenters. The van der Waals surface area contributed by atoms with Crippen LogP contribution in [-0.4, -0.2) is 176 Å². The molecule has 9 N–H and O–H groups in total. The lowest BCUT2D eigenvalue weighted by molar-refractivity contribution is -0.324. The molecule has 0 amide bonds. The molecule has 4 fully saturated rings. The monoisotopic (exact) mass is 1440 g/mol. The van der Waals surface area contributed by atoms with Gasteiger partial charge in [0.25, 0.3) is 5.62 Å². The van der Waals surface area contributed by atoms with E-state index < -0.39 is 102 Å². The van der Waals surface area contributed by atoms with E-state index in [1.165, 1.54) is 94.7 Å². The van der Waals surface area contributed by atoms with Crippen molar-refractivity contribution in [3.8, 4) is 23.0 Å². The summed E-state index contributed by atoms with van der Waals surface area (Å²) in [5, 5.41) is 72.6. The second-order valence-electron chi connectivity index (χ2n) is 31.0. The van der Waals surface area contributed by atoms with E-state index in [-0.39, 0.29) is 87.9 Å². The van der Waals surface area contributed by atoms with Gasteiger partial charge in [-0.25, -0.2) is 0 Å². The number of carbonyl (C=O) groups excluding carboxylic acids is 4. The van der Waals surface area contributed by atoms with Gasteiger partial charge in [-0.3, -0.25) is 24.6 Å². The maximum Gasteiger partial charge on any atom is 0.316 e. The van der Waals surface area contributed by atoms with Crippen LogP contribution in [0.25, 0.3) is 0 Å². The number of nitrogen functional groups attached to an aromatic ring is 1. The lowest BCUT2D eigenvalue weighted by Crippen LogP contribution is -2.58. The lowest BCUT2D eigenvalue weighted by atomic mass is 9.67. The molecule has 0 saturated carbocycles. The van der Waals surface area contributed by atoms with Crippen LogP contribution in [0.2, 0.25) is 0 Å². The second kappa shape index (κ2) is 34.7. The summed E-state index contributed by atoms with van der Waals surface area (Å²) in [5.74, 6) is 0.214. The number of fused-ring (bicyclic) bond motifs is 4. The van der Waals surface area contributed by atoms with Crippen LogP contribution in [-0.2, 0) is 49.2 Å². The second-order valence-corrected chi connectivity index (χ2v) is 31.0. The third-order valence-corrected chi connectivity index (χ3v) is 22.5. The first-order valence-electron chi connectivity index (χ1n) is 37.6. The summed E-state index contributed by atoms with van der Waals surface area (Å²) >= 11 is 0. The number of hydrogen-bond donors (Lipinski definition) is 8. The first kappa shape index (κ1) is 80.4. The topological polar surface area (TPSA) is 338 Å². The van der Waals surface area contributed by atoms with E-state index in [1.807, 2.05) is 32.0 Å². The molecule has 3 aromatic carbocycles. The number of piperidine rings is 1. The standard InChI is InChI=1S/C42H53NO15.C28H48O2.C9H15N5O/c1-8-42(51)17-28(33-22(35(42)41(50)52-7)14-23-34(38(33)49)37(48)32-21(36(23)47)10-9-11-26(32)45)56-30-15-24(43(5)6)39(19(3)54-30)58-31-16-27(46)40(20(4)55-31)57-29-13-12-25(44)18(2)53-29;1-20(2)11-8-12-21(3)13-9-14-22(4)15-10-17-28(7)18-16-25-19-26(29)23(5)24(6)27(25)30-28;10-7-6-8(12-9(11)14(7)15)13-4-2-1-3-5-13/h9-11,14,18-20,24,27-31,35,39-40,45-46,49,51H,8,12-13,15-17H2,1-7H3;19-22,29H,8-18H2,1-7H3;6,11,15H,1-5,10H2/t18-,19-,20-,24-,27-,28-,29-,30-,31-,35-,39+,40+,42+;;/m0../s1. The van der Waals surface area contributed by atoms with Crippen LogP contribution < -0.4 is 21.0 Å². The number of methoxy groups -OCH3 is 1. The normalized spacial score (nSPS) is 28.9. The van der Waals surface area contributed by atoms with Crippen LogP contribution in [0.3, 0.4) is 0 Å². The van der Waals surface area contributed by atoms with Crippen molar-refractivity contribution >= 4 is 35.0 Å². The molecule has 24 nitrogen and oxygen atoms in total. The molecule has 6 heterocycles. The first-order chi connectivity index (χ1) is 48.8. The van der Waals surface area contributed by atoms with Gasteiger partial charge in [0.05, 0.1) is 48.3 Å². The Bertz CT molecular complexity index is 3680. The maximum absolute atomic E-state index is 13.9. The molecule has 24 heteroatoms. The van der Waals surface area contributed by atoms with Crippen LogP contribution >= 0.6 is 0 Å². The number of Topliss-reactive ketones (excluding diaryl/α,β-unsaturated/α-hetero) is 1. The molecular weight excluding hydrogens is 1320 g/mol. The number of carbonyl (C=O) groups is 4. The fourth-order valence-electron chi connectivity index (χ4n) is 16.0. The van der Waals surface area contributed by atoms with Crippen LogP contribution in [0.4, 0.5) is 11.6 Å². The number of aromatic nitrogens is 2. The van der Waals surface area contributed by atoms with Gasteiger partial charge in [-0.15, -0.1) is 4.73 Å². The van der Waals surface area contributed by atoms with Gasteiger partial charge < -0.3 is 84.2 Å². The molecule has 4 aromatic rings. The zero-order valence-corrected chi connectivity index (χ0v) is 63.1. The fourth-order valence-corrected chi connectivity index (χ4v) is 16.0. The summed E-state index contributed by atoms with van der Waals surface area (Å²) in [4.78, 5) is 61.1. The lowest BCUT2D eigenvalue weighted by Gasteiger charge is -2.48. The molecular formula is C79H116N6O18. The largest absolute Gasteiger partial charge is 0.508 e. The van der Waals surface area contributed by atoms with Crippen molar-refractivity contribution in [2.24, 2.45) is 17.8 Å². The van der Waals surface area contributed by atoms with Crippen molar-refractivity contribution in [2.45, 2.75) is 289 Å². The summed E-state index contributed by atoms with van der Waals surface area (Å²) < 4.78 is 49.7. The van der Waals surface area contributed by atoms with Crippen molar-refractivity contribution < 1.29 is 87.8 Å². The minimum atomic E-state index is -1.76. The first-order valence-corrected chi connectivity index (χ1v) is 37.6. The molecule has 0 bridgehead atoms. The third kappa shape index (κ3) is 18.7. The Morgan fingerprint density at radius 2 is 1.44 bits per heavy atom. The Labute approximate surface area is 607 Å². The number of phenols is 3. The molecule has 0 spiro atoms. The predicted molar refractivity (Wildman–Crippen MR) is 387 cm³/mol. The van der Waals surface area contributed by atoms with Gasteiger partial charge in [-0.2, -0.15) is 4.98 Å². The van der Waals surface area contributed by atoms with E-state index in [9.17, 15) is 49.9 Å². The summed E-state index contributed by atoms with van der Waals surface area (Å²) in [5.41, 5.74) is 5.99. The fraction of sp³-hybridized carbons (Fsp3) is 0.671. The van der Waals surface area contributed by atoms with E-state index in [2.05, 4.69) is 51.4 Å². The number of benzene rings is 3. The Kier molecular flexibility index (Phi) is 27.0. The zero-order chi connectivity index (χ0) is 75.1. The number of ether oxygens (including phenoxy) is 8. The van der Waals surface area contributed by atoms with Gasteiger partial charge in [0.2, 0.25) is 5.78 Å². The Balaban J connectivity index is 0.000000225. The number of aliphatic hydroxyl groups excluding tert-OH is 1. The van der Waals surface area contributed by atoms with E-state index in [1.54, 1.807) is 33.8 Å². The molecule has 5 aliphatic heterocycles. The number of phenolic OH excluding ortho intramolecular Hbond substituents is 3. The highest BCUT2D eigenvalue weighted by molar-refractivity contribution is 6.30. The highest BCUT2D eigenvalue weighted by Gasteiger charge is 2.54. The number of aliphatic hydroxyl groups is 2. The number of rotatable bonds is 22. The summed E-state index contributed by atoms with van der Waals surface area (Å²) in [7, 11) is 4.91. The number of ketones is 3. The third-order valence-electron chi connectivity index (χ3n) is 22.5. The Morgan fingerprint density at radius 3 is 2.06 bits per heavy atom. The van der Waals surface area contributed by atoms with E-state index in [4.69, 9.17) is 49.0 Å². The van der Waals surface area contributed by atoms with Crippen molar-refractivity contribution in [3.63, 3.8) is 0 Å². The molecule has 1 aromatic heterocycles. The molecule has 4 saturated heterocycles. The summed E-state index contributed by atoms with van der Waals surface area (Å²) in [6, 6.07) is 8.61. The number of aromatic hydroxyl groups is 3. The number of aryl methyl sites for hydroxylation is 1. The number of esters is 1. The van der Waals surface area contributed by atoms with Gasteiger partial charge in [0, 0.05) is 74.0 Å². The number of hydrogen-bond acceptors (Lipinski definition) is 23. The number of likely N-dealkylation sites (N-methyl/N-ethyl adjacent to an activating group) is 1. The van der Waals surface area contributed by atoms with Crippen LogP contribution in [0.5, 0.6) is 23.0 Å². The molecule has 103 heavy (non-hydrogen) atoms. The minimum absolute atomic E-state index is 0.00573. The van der Waals surface area contributed by atoms with Gasteiger partial charge in [-0.1, -0.05) is 91.7 Å². The maximum atomic E-state index is 13.9. The smallest absolute Gasteiger partial charge is 0.316 e. The number of nitrogens with zero attached hydrogens (tertiary/aromatic N) is 4. The van der Waals surface area contributed by atoms with Gasteiger partial charge >= 0.3 is 5.97 Å². The van der Waals surface area contributed by atoms with Crippen molar-refractivity contribution in [1.82, 2.24) is 14.6 Å². The summed E-state index contributed by atoms with van der Waals surface area (Å²) in [6.45, 7) is 24.7. The average molecular weight is 1440 g/mol. The Morgan fingerprint density at radius 1 is 0.796 bits per heavy atom. The zero-order valence-electron chi connectivity index (χ0n) is 63.1. The Hall–Kier alpha value is -6.74. The molecule has 11 rings (SSSR count). The molecule has 7 aliphatic rings. The molecule has 3 unspecified atom stereocenters. The van der Waals surface area contributed by atoms with Crippen molar-refractivity contribution in [1.29, 1.82) is 5.41 Å². The number of nitrogens with one attached hydrogen (secondary N) is 1. The SMILES string of the molecule is CC[C@@]1(O)C[C@H](O[C@H]2C[C@H](N(C)C)[C@H](O[C@H]3C[C@H](O)[C@H](O[C@H]4CCC(=O)[C@H](C)O4)[C@H](C)O3)[C@H](C)O2)c2c(cc3c(c2O)C(=O)c2c(O)cccc2C3=O)[C@H]1C(=O)OC.Cc1c(O)cc2c(c1C)OC(C)(CCCC(C)CCCC(C)CCCC(C)C)CC2.N=c1nc(N2CCCCC2)cc(N)n1O. The van der Waals surface area contributed by atoms with Crippen molar-refractivity contribution in [2.75, 3.05) is 44.9 Å². The van der Waals surface area contributed by atoms with Gasteiger partial charge in [0.1, 0.15) is 64.5 Å². The molecule has 0 radical (unpaired) electrons. The minimum Gasteiger partial charge on any atom is -0.508 e. The van der Waals surface area contributed by atoms with Crippen LogP contribution in [0, 0.1) is 37.0 Å². The van der Waals surface area contributed by atoms with Gasteiger partial charge in [-0.05, 0) is 165 Å². The summed E-state index contributed by atoms with van der Waals surface area (Å²) in [6.07, 6.45) is 10.9. The number of anilines is 2. The highest BCUT2D eigenvalue weighted by Crippen LogP contribution is 2.54. The average Bonchev–Trinajstić information content (AvgIpc) is 0.710. The van der Waals surface area contributed by atoms with E-state index in [0.717, 1.165) is 79.8 Å².